The molecule has 2 aromatic heterocycles. The first kappa shape index (κ1) is 13.5. The first-order valence-corrected chi connectivity index (χ1v) is 6.96. The van der Waals surface area contributed by atoms with Crippen molar-refractivity contribution < 1.29 is 4.79 Å². The summed E-state index contributed by atoms with van der Waals surface area (Å²) in [4.78, 5) is 16.6. The average molecular weight is 341 g/mol. The zero-order valence-corrected chi connectivity index (χ0v) is 12.4. The molecule has 0 radical (unpaired) electrons. The highest BCUT2D eigenvalue weighted by molar-refractivity contribution is 9.10. The molecule has 102 valence electrons. The number of nitrogens with zero attached hydrogens (tertiary/aromatic N) is 4. The lowest BCUT2D eigenvalue weighted by Gasteiger charge is -2.07. The fraction of sp³-hybridized carbons (Fsp3) is 0.0667. The molecule has 0 aliphatic carbocycles. The van der Waals surface area contributed by atoms with E-state index in [0.717, 1.165) is 4.47 Å². The summed E-state index contributed by atoms with van der Waals surface area (Å²) in [6.45, 7) is 0. The minimum Gasteiger partial charge on any atom is -0.292 e. The fourth-order valence-corrected chi connectivity index (χ4v) is 2.38. The number of benzene rings is 1. The Morgan fingerprint density at radius 1 is 1.29 bits per heavy atom. The van der Waals surface area contributed by atoms with Crippen molar-refractivity contribution in [3.8, 4) is 6.07 Å². The maximum absolute atomic E-state index is 12.6. The Morgan fingerprint density at radius 3 is 2.76 bits per heavy atom. The van der Waals surface area contributed by atoms with Gasteiger partial charge in [-0.1, -0.05) is 28.1 Å². The number of hydrogen-bond acceptors (Lipinski definition) is 4. The van der Waals surface area contributed by atoms with Gasteiger partial charge in [0.05, 0.1) is 29.5 Å². The summed E-state index contributed by atoms with van der Waals surface area (Å²) in [7, 11) is 0. The van der Waals surface area contributed by atoms with Crippen molar-refractivity contribution >= 4 is 27.2 Å². The summed E-state index contributed by atoms with van der Waals surface area (Å²) in [5.41, 5.74) is 1.66. The first-order valence-electron chi connectivity index (χ1n) is 6.17. The Kier molecular flexibility index (Phi) is 3.50. The van der Waals surface area contributed by atoms with E-state index < -0.39 is 5.92 Å². The van der Waals surface area contributed by atoms with Gasteiger partial charge in [0.25, 0.3) is 0 Å². The number of halogens is 1. The number of fused-ring (bicyclic) bond motifs is 1. The molecule has 0 saturated carbocycles. The third-order valence-electron chi connectivity index (χ3n) is 3.18. The zero-order chi connectivity index (χ0) is 14.8. The molecule has 0 aliphatic rings. The van der Waals surface area contributed by atoms with Crippen molar-refractivity contribution in [2.75, 3.05) is 0 Å². The summed E-state index contributed by atoms with van der Waals surface area (Å²) in [5.74, 6) is -1.13. The van der Waals surface area contributed by atoms with Crippen molar-refractivity contribution in [1.82, 2.24) is 14.6 Å². The van der Waals surface area contributed by atoms with Gasteiger partial charge in [0.15, 0.2) is 5.78 Å². The van der Waals surface area contributed by atoms with Crippen LogP contribution in [-0.4, -0.2) is 20.4 Å². The van der Waals surface area contributed by atoms with E-state index in [9.17, 15) is 10.1 Å². The highest BCUT2D eigenvalue weighted by Crippen LogP contribution is 2.24. The predicted octanol–water partition coefficient (Wildman–Crippen LogP) is 2.98. The highest BCUT2D eigenvalue weighted by atomic mass is 79.9. The lowest BCUT2D eigenvalue weighted by molar-refractivity contribution is 0.0980. The van der Waals surface area contributed by atoms with Crippen molar-refractivity contribution in [3.05, 3.63) is 64.7 Å². The smallest absolute Gasteiger partial charge is 0.188 e. The first-order chi connectivity index (χ1) is 10.2. The van der Waals surface area contributed by atoms with Crippen molar-refractivity contribution in [2.24, 2.45) is 0 Å². The molecule has 0 saturated heterocycles. The Labute approximate surface area is 129 Å². The molecule has 3 rings (SSSR count). The van der Waals surface area contributed by atoms with Gasteiger partial charge in [-0.2, -0.15) is 10.4 Å². The molecular formula is C15H9BrN4O. The van der Waals surface area contributed by atoms with Gasteiger partial charge in [0.1, 0.15) is 5.92 Å². The van der Waals surface area contributed by atoms with E-state index in [4.69, 9.17) is 0 Å². The van der Waals surface area contributed by atoms with E-state index in [1.54, 1.807) is 35.2 Å². The van der Waals surface area contributed by atoms with E-state index >= 15 is 0 Å². The number of ketones is 1. The maximum Gasteiger partial charge on any atom is 0.188 e. The molecule has 0 amide bonds. The number of carbonyl (C=O) groups is 1. The van der Waals surface area contributed by atoms with Gasteiger partial charge in [-0.3, -0.25) is 9.78 Å². The Balaban J connectivity index is 2.03. The lowest BCUT2D eigenvalue weighted by atomic mass is 9.92. The number of nitriles is 1. The van der Waals surface area contributed by atoms with Gasteiger partial charge in [0.2, 0.25) is 0 Å². The van der Waals surface area contributed by atoms with Crippen LogP contribution >= 0.6 is 15.9 Å². The second-order valence-corrected chi connectivity index (χ2v) is 5.36. The van der Waals surface area contributed by atoms with Gasteiger partial charge in [-0.05, 0) is 17.7 Å². The average Bonchev–Trinajstić information content (AvgIpc) is 2.94. The summed E-state index contributed by atoms with van der Waals surface area (Å²) in [5, 5.41) is 13.5. The molecule has 0 spiro atoms. The molecule has 0 aliphatic heterocycles. The minimum atomic E-state index is -0.855. The Bertz CT molecular complexity index is 848. The molecule has 1 atom stereocenters. The normalized spacial score (nSPS) is 12.0. The second kappa shape index (κ2) is 5.46. The van der Waals surface area contributed by atoms with Crippen LogP contribution < -0.4 is 0 Å². The van der Waals surface area contributed by atoms with Crippen molar-refractivity contribution in [3.63, 3.8) is 0 Å². The SMILES string of the molecule is N#CC(C(=O)c1cnn2ccncc12)c1ccc(Br)cc1. The van der Waals surface area contributed by atoms with E-state index in [0.29, 0.717) is 16.6 Å². The number of Topliss-reactive ketones (excluding diaryl/α,β-unsaturated/α-hetero) is 1. The molecule has 1 unspecified atom stereocenters. The van der Waals surface area contributed by atoms with E-state index in [1.165, 1.54) is 6.20 Å². The largest absolute Gasteiger partial charge is 0.292 e. The van der Waals surface area contributed by atoms with Crippen LogP contribution in [0.1, 0.15) is 21.8 Å². The molecule has 5 nitrogen and oxygen atoms in total. The monoisotopic (exact) mass is 340 g/mol. The van der Waals surface area contributed by atoms with Crippen LogP contribution in [0, 0.1) is 11.3 Å². The van der Waals surface area contributed by atoms with E-state index in [1.807, 2.05) is 12.1 Å². The third kappa shape index (κ3) is 2.43. The fourth-order valence-electron chi connectivity index (χ4n) is 2.12. The standard InChI is InChI=1S/C15H9BrN4O/c16-11-3-1-10(2-4-11)12(7-17)15(21)13-8-19-20-6-5-18-9-14(13)20/h1-6,8-9,12H. The molecular weight excluding hydrogens is 332 g/mol. The molecule has 0 fully saturated rings. The molecule has 0 bridgehead atoms. The molecule has 1 aromatic carbocycles. The number of hydrogen-bond donors (Lipinski definition) is 0. The quantitative estimate of drug-likeness (QED) is 0.687. The van der Waals surface area contributed by atoms with Crippen LogP contribution in [0.2, 0.25) is 0 Å². The summed E-state index contributed by atoms with van der Waals surface area (Å²) < 4.78 is 2.46. The van der Waals surface area contributed by atoms with Crippen LogP contribution in [0.25, 0.3) is 5.52 Å². The summed E-state index contributed by atoms with van der Waals surface area (Å²) >= 11 is 3.34. The predicted molar refractivity (Wildman–Crippen MR) is 79.8 cm³/mol. The molecule has 21 heavy (non-hydrogen) atoms. The van der Waals surface area contributed by atoms with Gasteiger partial charge >= 0.3 is 0 Å². The topological polar surface area (TPSA) is 71.0 Å². The third-order valence-corrected chi connectivity index (χ3v) is 3.71. The van der Waals surface area contributed by atoms with Crippen molar-refractivity contribution in [2.45, 2.75) is 5.92 Å². The Morgan fingerprint density at radius 2 is 2.05 bits per heavy atom. The lowest BCUT2D eigenvalue weighted by Crippen LogP contribution is -2.11. The van der Waals surface area contributed by atoms with Crippen LogP contribution in [0.3, 0.4) is 0 Å². The second-order valence-electron chi connectivity index (χ2n) is 4.44. The van der Waals surface area contributed by atoms with Gasteiger partial charge < -0.3 is 0 Å². The van der Waals surface area contributed by atoms with Crippen LogP contribution in [-0.2, 0) is 0 Å². The number of carbonyl (C=O) groups excluding carboxylic acids is 1. The molecule has 2 heterocycles. The van der Waals surface area contributed by atoms with Gasteiger partial charge in [-0.15, -0.1) is 0 Å². The maximum atomic E-state index is 12.6. The zero-order valence-electron chi connectivity index (χ0n) is 10.8. The molecule has 0 N–H and O–H groups in total. The molecule has 3 aromatic rings. The summed E-state index contributed by atoms with van der Waals surface area (Å²) in [6.07, 6.45) is 6.29. The van der Waals surface area contributed by atoms with Crippen molar-refractivity contribution in [1.29, 1.82) is 5.26 Å². The number of aromatic nitrogens is 3. The van der Waals surface area contributed by atoms with Gasteiger partial charge in [-0.25, -0.2) is 4.52 Å². The molecule has 6 heteroatoms. The van der Waals surface area contributed by atoms with E-state index in [-0.39, 0.29) is 5.78 Å². The Hall–Kier alpha value is -2.52. The van der Waals surface area contributed by atoms with E-state index in [2.05, 4.69) is 32.1 Å². The highest BCUT2D eigenvalue weighted by Gasteiger charge is 2.24. The van der Waals surface area contributed by atoms with Crippen LogP contribution in [0.4, 0.5) is 0 Å². The minimum absolute atomic E-state index is 0.275. The summed E-state index contributed by atoms with van der Waals surface area (Å²) in [6, 6.07) is 9.22. The van der Waals surface area contributed by atoms with Crippen LogP contribution in [0.5, 0.6) is 0 Å². The van der Waals surface area contributed by atoms with Gasteiger partial charge in [0, 0.05) is 16.9 Å². The van der Waals surface area contributed by atoms with Crippen LogP contribution in [0.15, 0.2) is 53.5 Å². The number of rotatable bonds is 3.